The smallest absolute Gasteiger partial charge is 0.0685 e. The fraction of sp³-hybridized carbons (Fsp3) is 1.00. The number of hydrogen-bond donors (Lipinski definition) is 2. The van der Waals surface area contributed by atoms with Gasteiger partial charge in [0.2, 0.25) is 0 Å². The lowest BCUT2D eigenvalue weighted by Gasteiger charge is -2.36. The minimum atomic E-state index is -0.437. The summed E-state index contributed by atoms with van der Waals surface area (Å²) in [4.78, 5) is 0. The molecule has 0 bridgehead atoms. The van der Waals surface area contributed by atoms with Crippen molar-refractivity contribution in [2.45, 2.75) is 44.6 Å². The van der Waals surface area contributed by atoms with Gasteiger partial charge in [-0.25, -0.2) is 0 Å². The fourth-order valence-corrected chi connectivity index (χ4v) is 1.88. The van der Waals surface area contributed by atoms with E-state index in [0.717, 1.165) is 12.8 Å². The maximum Gasteiger partial charge on any atom is 0.0685 e. The Morgan fingerprint density at radius 1 is 1.36 bits per heavy atom. The van der Waals surface area contributed by atoms with Crippen LogP contribution in [0, 0.1) is 5.92 Å². The summed E-state index contributed by atoms with van der Waals surface area (Å²) in [6.07, 6.45) is 5.51. The third-order valence-electron chi connectivity index (χ3n) is 2.99. The lowest BCUT2D eigenvalue weighted by atomic mass is 9.76. The molecular formula is C9H19NO. The lowest BCUT2D eigenvalue weighted by molar-refractivity contribution is -0.0398. The van der Waals surface area contributed by atoms with Crippen LogP contribution in [0.2, 0.25) is 0 Å². The monoisotopic (exact) mass is 157 g/mol. The van der Waals surface area contributed by atoms with Crippen LogP contribution in [0.4, 0.5) is 0 Å². The van der Waals surface area contributed by atoms with Crippen molar-refractivity contribution < 1.29 is 5.11 Å². The van der Waals surface area contributed by atoms with E-state index in [0.29, 0.717) is 6.54 Å². The zero-order valence-electron chi connectivity index (χ0n) is 7.34. The molecule has 0 saturated heterocycles. The molecule has 3 N–H and O–H groups in total. The quantitative estimate of drug-likeness (QED) is 0.634. The Morgan fingerprint density at radius 3 is 2.36 bits per heavy atom. The van der Waals surface area contributed by atoms with Gasteiger partial charge in [0.15, 0.2) is 0 Å². The predicted octanol–water partition coefficient (Wildman–Crippen LogP) is 1.28. The van der Waals surface area contributed by atoms with Gasteiger partial charge >= 0.3 is 0 Å². The summed E-state index contributed by atoms with van der Waals surface area (Å²) < 4.78 is 0. The molecule has 1 rings (SSSR count). The second-order valence-corrected chi connectivity index (χ2v) is 3.80. The van der Waals surface area contributed by atoms with Gasteiger partial charge in [-0.15, -0.1) is 0 Å². The summed E-state index contributed by atoms with van der Waals surface area (Å²) >= 11 is 0. The zero-order valence-corrected chi connectivity index (χ0v) is 7.34. The molecule has 2 heteroatoms. The molecule has 1 saturated carbocycles. The van der Waals surface area contributed by atoms with E-state index < -0.39 is 5.60 Å². The molecule has 1 fully saturated rings. The first-order chi connectivity index (χ1) is 5.19. The number of aliphatic hydroxyl groups is 1. The molecule has 0 amide bonds. The van der Waals surface area contributed by atoms with E-state index in [1.54, 1.807) is 0 Å². The fourth-order valence-electron chi connectivity index (χ4n) is 1.88. The van der Waals surface area contributed by atoms with Crippen LogP contribution < -0.4 is 5.73 Å². The largest absolute Gasteiger partial charge is 0.390 e. The van der Waals surface area contributed by atoms with E-state index in [1.165, 1.54) is 19.3 Å². The van der Waals surface area contributed by atoms with Crippen molar-refractivity contribution in [3.05, 3.63) is 0 Å². The van der Waals surface area contributed by atoms with E-state index in [1.807, 2.05) is 6.92 Å². The van der Waals surface area contributed by atoms with Gasteiger partial charge in [0, 0.05) is 0 Å². The van der Waals surface area contributed by atoms with Crippen molar-refractivity contribution in [1.29, 1.82) is 0 Å². The molecule has 1 atom stereocenters. The molecular weight excluding hydrogens is 138 g/mol. The van der Waals surface area contributed by atoms with Gasteiger partial charge < -0.3 is 10.8 Å². The van der Waals surface area contributed by atoms with E-state index in [9.17, 15) is 5.11 Å². The maximum atomic E-state index is 10.1. The average Bonchev–Trinajstić information content (AvgIpc) is 2.04. The predicted molar refractivity (Wildman–Crippen MR) is 46.3 cm³/mol. The molecule has 1 aliphatic carbocycles. The molecule has 0 aliphatic heterocycles. The van der Waals surface area contributed by atoms with Crippen molar-refractivity contribution in [3.8, 4) is 0 Å². The second-order valence-electron chi connectivity index (χ2n) is 3.80. The van der Waals surface area contributed by atoms with Crippen LogP contribution in [0.1, 0.15) is 39.0 Å². The van der Waals surface area contributed by atoms with E-state index in [-0.39, 0.29) is 5.92 Å². The number of hydrogen-bond acceptors (Lipinski definition) is 2. The SMILES string of the molecule is CC(CN)C1(O)CCCCC1. The van der Waals surface area contributed by atoms with Crippen LogP contribution in [0.25, 0.3) is 0 Å². The van der Waals surface area contributed by atoms with Crippen molar-refractivity contribution in [2.24, 2.45) is 11.7 Å². The van der Waals surface area contributed by atoms with Crippen molar-refractivity contribution in [1.82, 2.24) is 0 Å². The highest BCUT2D eigenvalue weighted by molar-refractivity contribution is 4.87. The lowest BCUT2D eigenvalue weighted by Crippen LogP contribution is -2.41. The summed E-state index contributed by atoms with van der Waals surface area (Å²) in [5.74, 6) is 0.266. The minimum Gasteiger partial charge on any atom is -0.390 e. The third-order valence-corrected chi connectivity index (χ3v) is 2.99. The Balaban J connectivity index is 2.49. The van der Waals surface area contributed by atoms with Gasteiger partial charge in [0.25, 0.3) is 0 Å². The molecule has 0 aromatic rings. The highest BCUT2D eigenvalue weighted by Gasteiger charge is 2.33. The Hall–Kier alpha value is -0.0800. The standard InChI is InChI=1S/C9H19NO/c1-8(7-10)9(11)5-3-2-4-6-9/h8,11H,2-7,10H2,1H3. The van der Waals surface area contributed by atoms with E-state index >= 15 is 0 Å². The summed E-state index contributed by atoms with van der Waals surface area (Å²) in [5, 5.41) is 10.1. The second kappa shape index (κ2) is 3.55. The first-order valence-corrected chi connectivity index (χ1v) is 4.61. The molecule has 0 radical (unpaired) electrons. The summed E-state index contributed by atoms with van der Waals surface area (Å²) in [7, 11) is 0. The molecule has 1 aliphatic rings. The third kappa shape index (κ3) is 1.94. The molecule has 0 aromatic carbocycles. The topological polar surface area (TPSA) is 46.2 Å². The van der Waals surface area contributed by atoms with Crippen LogP contribution >= 0.6 is 0 Å². The Bertz CT molecular complexity index is 119. The van der Waals surface area contributed by atoms with Gasteiger partial charge in [0.05, 0.1) is 5.60 Å². The van der Waals surface area contributed by atoms with Crippen LogP contribution in [0.15, 0.2) is 0 Å². The van der Waals surface area contributed by atoms with Gasteiger partial charge in [-0.2, -0.15) is 0 Å². The van der Waals surface area contributed by atoms with Gasteiger partial charge in [0.1, 0.15) is 0 Å². The van der Waals surface area contributed by atoms with Crippen LogP contribution in [0.3, 0.4) is 0 Å². The normalized spacial score (nSPS) is 26.5. The molecule has 0 heterocycles. The Morgan fingerprint density at radius 2 is 1.91 bits per heavy atom. The maximum absolute atomic E-state index is 10.1. The Kier molecular flexibility index (Phi) is 2.90. The van der Waals surface area contributed by atoms with E-state index in [2.05, 4.69) is 0 Å². The summed E-state index contributed by atoms with van der Waals surface area (Å²) in [6, 6.07) is 0. The number of rotatable bonds is 2. The van der Waals surface area contributed by atoms with E-state index in [4.69, 9.17) is 5.73 Å². The summed E-state index contributed by atoms with van der Waals surface area (Å²) in [5.41, 5.74) is 5.09. The minimum absolute atomic E-state index is 0.266. The van der Waals surface area contributed by atoms with Crippen molar-refractivity contribution in [2.75, 3.05) is 6.54 Å². The molecule has 1 unspecified atom stereocenters. The first-order valence-electron chi connectivity index (χ1n) is 4.61. The molecule has 66 valence electrons. The van der Waals surface area contributed by atoms with Crippen LogP contribution in [-0.2, 0) is 0 Å². The highest BCUT2D eigenvalue weighted by atomic mass is 16.3. The average molecular weight is 157 g/mol. The molecule has 0 spiro atoms. The first kappa shape index (κ1) is 9.01. The molecule has 0 aromatic heterocycles. The zero-order chi connectivity index (χ0) is 8.32. The van der Waals surface area contributed by atoms with Crippen molar-refractivity contribution >= 4 is 0 Å². The highest BCUT2D eigenvalue weighted by Crippen LogP contribution is 2.33. The van der Waals surface area contributed by atoms with Crippen LogP contribution in [-0.4, -0.2) is 17.3 Å². The van der Waals surface area contributed by atoms with Crippen LogP contribution in [0.5, 0.6) is 0 Å². The summed E-state index contributed by atoms with van der Waals surface area (Å²) in [6.45, 7) is 2.65. The molecule has 2 nitrogen and oxygen atoms in total. The molecule has 11 heavy (non-hydrogen) atoms. The van der Waals surface area contributed by atoms with Gasteiger partial charge in [-0.05, 0) is 25.3 Å². The number of nitrogens with two attached hydrogens (primary N) is 1. The van der Waals surface area contributed by atoms with Gasteiger partial charge in [-0.1, -0.05) is 26.2 Å². The van der Waals surface area contributed by atoms with Crippen molar-refractivity contribution in [3.63, 3.8) is 0 Å². The van der Waals surface area contributed by atoms with Gasteiger partial charge in [-0.3, -0.25) is 0 Å². The Labute approximate surface area is 68.8 Å².